The average molecular weight is 368 g/mol. The Morgan fingerprint density at radius 2 is 2.12 bits per heavy atom. The second kappa shape index (κ2) is 8.01. The highest BCUT2D eigenvalue weighted by Crippen LogP contribution is 2.29. The van der Waals surface area contributed by atoms with Gasteiger partial charge in [-0.05, 0) is 36.8 Å². The Hall–Kier alpha value is -2.56. The maximum Gasteiger partial charge on any atom is 0.217 e. The predicted octanol–water partition coefficient (Wildman–Crippen LogP) is 4.56. The van der Waals surface area contributed by atoms with Crippen molar-refractivity contribution in [2.45, 2.75) is 17.7 Å². The Bertz CT molecular complexity index is 928. The summed E-state index contributed by atoms with van der Waals surface area (Å²) < 4.78 is 1.79. The number of anilines is 1. The molecular weight excluding hydrogens is 350 g/mol. The molecule has 0 spiro atoms. The number of nitriles is 1. The van der Waals surface area contributed by atoms with E-state index in [2.05, 4.69) is 40.9 Å². The van der Waals surface area contributed by atoms with Gasteiger partial charge in [0.15, 0.2) is 6.19 Å². The van der Waals surface area contributed by atoms with Crippen molar-refractivity contribution in [1.29, 1.82) is 5.26 Å². The van der Waals surface area contributed by atoms with Crippen molar-refractivity contribution in [3.63, 3.8) is 0 Å². The minimum Gasteiger partial charge on any atom is -0.312 e. The zero-order valence-electron chi connectivity index (χ0n) is 13.7. The monoisotopic (exact) mass is 367 g/mol. The second-order valence-corrected chi connectivity index (χ2v) is 7.06. The van der Waals surface area contributed by atoms with Gasteiger partial charge in [-0.1, -0.05) is 25.1 Å². The van der Waals surface area contributed by atoms with Gasteiger partial charge in [-0.15, -0.1) is 24.0 Å². The van der Waals surface area contributed by atoms with Crippen LogP contribution in [0.25, 0.3) is 10.2 Å². The van der Waals surface area contributed by atoms with Gasteiger partial charge in [0.25, 0.3) is 0 Å². The zero-order valence-corrected chi connectivity index (χ0v) is 15.4. The summed E-state index contributed by atoms with van der Waals surface area (Å²) in [6.45, 7) is 2.83. The van der Waals surface area contributed by atoms with E-state index in [-0.39, 0.29) is 0 Å². The lowest BCUT2D eigenvalue weighted by molar-refractivity contribution is 0.887. The first-order chi connectivity index (χ1) is 12.2. The van der Waals surface area contributed by atoms with Crippen LogP contribution in [0.2, 0.25) is 0 Å². The van der Waals surface area contributed by atoms with E-state index in [1.807, 2.05) is 53.6 Å². The van der Waals surface area contributed by atoms with Gasteiger partial charge in [0.2, 0.25) is 5.96 Å². The number of hydrogen-bond acceptors (Lipinski definition) is 5. The molecule has 0 fully saturated rings. The summed E-state index contributed by atoms with van der Waals surface area (Å²) in [5, 5.41) is 11.9. The number of benzene rings is 2. The molecule has 0 bridgehead atoms. The smallest absolute Gasteiger partial charge is 0.217 e. The number of thiol groups is 1. The summed E-state index contributed by atoms with van der Waals surface area (Å²) in [4.78, 5) is 11.0. The van der Waals surface area contributed by atoms with Crippen molar-refractivity contribution in [1.82, 2.24) is 10.3 Å². The topological polar surface area (TPSA) is 64.3 Å². The second-order valence-electron chi connectivity index (χ2n) is 5.31. The third-order valence-corrected chi connectivity index (χ3v) is 4.73. The van der Waals surface area contributed by atoms with E-state index in [1.54, 1.807) is 0 Å². The molecule has 0 radical (unpaired) electrons. The van der Waals surface area contributed by atoms with E-state index >= 15 is 0 Å². The fourth-order valence-electron chi connectivity index (χ4n) is 2.48. The summed E-state index contributed by atoms with van der Waals surface area (Å²) in [7, 11) is 0. The third kappa shape index (κ3) is 4.10. The Morgan fingerprint density at radius 1 is 1.32 bits per heavy atom. The van der Waals surface area contributed by atoms with E-state index in [4.69, 9.17) is 5.26 Å². The van der Waals surface area contributed by atoms with Crippen molar-refractivity contribution in [2.75, 3.05) is 11.4 Å². The van der Waals surface area contributed by atoms with Crippen LogP contribution in [0.15, 0.2) is 57.9 Å². The number of para-hydroxylation sites is 1. The molecule has 0 aliphatic heterocycles. The highest BCUT2D eigenvalue weighted by atomic mass is 32.2. The van der Waals surface area contributed by atoms with Crippen molar-refractivity contribution in [3.8, 4) is 6.19 Å². The standard InChI is InChI=1S/C18H17N5S2/c1-2-10-23(14-8-9-15-16(11-14)25-18(24)22-15)17(20-12-19)21-13-6-4-3-5-7-13/h3-9,11H,2,10H2,1H3,(H,20,21)(H,22,24). The number of nitrogens with zero attached hydrogens (tertiary/aromatic N) is 4. The van der Waals surface area contributed by atoms with Crippen molar-refractivity contribution < 1.29 is 0 Å². The van der Waals surface area contributed by atoms with Crippen LogP contribution in [0.4, 0.5) is 11.4 Å². The Morgan fingerprint density at radius 3 is 2.84 bits per heavy atom. The molecule has 25 heavy (non-hydrogen) atoms. The number of rotatable bonds is 4. The largest absolute Gasteiger partial charge is 0.312 e. The van der Waals surface area contributed by atoms with Crippen LogP contribution in [0.5, 0.6) is 0 Å². The average Bonchev–Trinajstić information content (AvgIpc) is 2.99. The summed E-state index contributed by atoms with van der Waals surface area (Å²) in [5.41, 5.74) is 2.67. The minimum absolute atomic E-state index is 0.505. The van der Waals surface area contributed by atoms with Crippen molar-refractivity contribution >= 4 is 51.5 Å². The summed E-state index contributed by atoms with van der Waals surface area (Å²) >= 11 is 5.86. The Balaban J connectivity index is 2.04. The number of guanidine groups is 1. The highest BCUT2D eigenvalue weighted by molar-refractivity contribution is 7.82. The lowest BCUT2D eigenvalue weighted by Crippen LogP contribution is -2.39. The molecule has 0 amide bonds. The van der Waals surface area contributed by atoms with Gasteiger partial charge < -0.3 is 4.90 Å². The maximum atomic E-state index is 9.17. The molecule has 5 nitrogen and oxygen atoms in total. The lowest BCUT2D eigenvalue weighted by Gasteiger charge is -2.24. The van der Waals surface area contributed by atoms with Gasteiger partial charge in [0.1, 0.15) is 4.34 Å². The summed E-state index contributed by atoms with van der Waals surface area (Å²) in [6.07, 6.45) is 2.91. The van der Waals surface area contributed by atoms with Gasteiger partial charge in [0.05, 0.1) is 15.9 Å². The third-order valence-electron chi connectivity index (χ3n) is 3.53. The van der Waals surface area contributed by atoms with Crippen molar-refractivity contribution in [2.24, 2.45) is 4.99 Å². The molecule has 0 unspecified atom stereocenters. The maximum absolute atomic E-state index is 9.17. The van der Waals surface area contributed by atoms with Gasteiger partial charge in [-0.25, -0.2) is 9.98 Å². The molecule has 1 N–H and O–H groups in total. The molecule has 0 saturated carbocycles. The molecule has 2 aromatic carbocycles. The molecule has 3 rings (SSSR count). The SMILES string of the molecule is CCCN(C(=Nc1ccccc1)NC#N)c1ccc2nc(S)sc2c1. The fraction of sp³-hybridized carbons (Fsp3) is 0.167. The minimum atomic E-state index is 0.505. The molecule has 3 aromatic rings. The Kier molecular flexibility index (Phi) is 5.53. The van der Waals surface area contributed by atoms with Crippen LogP contribution in [0.1, 0.15) is 13.3 Å². The molecule has 0 saturated heterocycles. The molecule has 1 heterocycles. The first kappa shape index (κ1) is 17.3. The highest BCUT2D eigenvalue weighted by Gasteiger charge is 2.15. The molecule has 1 aromatic heterocycles. The van der Waals surface area contributed by atoms with Crippen molar-refractivity contribution in [3.05, 3.63) is 48.5 Å². The molecule has 0 atom stereocenters. The first-order valence-electron chi connectivity index (χ1n) is 7.87. The van der Waals surface area contributed by atoms with E-state index in [0.717, 1.165) is 38.9 Å². The van der Waals surface area contributed by atoms with Gasteiger partial charge in [-0.3, -0.25) is 5.32 Å². The van der Waals surface area contributed by atoms with Crippen LogP contribution >= 0.6 is 24.0 Å². The zero-order chi connectivity index (χ0) is 17.6. The fourth-order valence-corrected chi connectivity index (χ4v) is 3.62. The Labute approximate surface area is 156 Å². The van der Waals surface area contributed by atoms with Crippen LogP contribution in [-0.4, -0.2) is 17.5 Å². The van der Waals surface area contributed by atoms with Gasteiger partial charge in [0, 0.05) is 12.2 Å². The number of aliphatic imine (C=N–C) groups is 1. The number of thiazole rings is 1. The lowest BCUT2D eigenvalue weighted by atomic mass is 10.2. The molecule has 0 aliphatic carbocycles. The normalized spacial score (nSPS) is 11.3. The van der Waals surface area contributed by atoms with E-state index in [0.29, 0.717) is 5.96 Å². The number of fused-ring (bicyclic) bond motifs is 1. The molecule has 7 heteroatoms. The van der Waals surface area contributed by atoms with Crippen LogP contribution < -0.4 is 10.2 Å². The number of aromatic nitrogens is 1. The van der Waals surface area contributed by atoms with Crippen LogP contribution in [0.3, 0.4) is 0 Å². The van der Waals surface area contributed by atoms with Crippen LogP contribution in [0, 0.1) is 11.5 Å². The van der Waals surface area contributed by atoms with E-state index in [9.17, 15) is 0 Å². The van der Waals surface area contributed by atoms with Gasteiger partial charge >= 0.3 is 0 Å². The first-order valence-corrected chi connectivity index (χ1v) is 9.13. The summed E-state index contributed by atoms with van der Waals surface area (Å²) in [5.74, 6) is 0.505. The molecule has 126 valence electrons. The van der Waals surface area contributed by atoms with E-state index < -0.39 is 0 Å². The quantitative estimate of drug-likeness (QED) is 0.233. The summed E-state index contributed by atoms with van der Waals surface area (Å²) in [6, 6.07) is 15.6. The number of nitrogens with one attached hydrogen (secondary N) is 1. The van der Waals surface area contributed by atoms with Crippen LogP contribution in [-0.2, 0) is 0 Å². The molecule has 0 aliphatic rings. The predicted molar refractivity (Wildman–Crippen MR) is 107 cm³/mol. The number of hydrogen-bond donors (Lipinski definition) is 2. The van der Waals surface area contributed by atoms with Gasteiger partial charge in [-0.2, -0.15) is 5.26 Å². The molecular formula is C18H17N5S2. The van der Waals surface area contributed by atoms with E-state index in [1.165, 1.54) is 11.3 Å².